The standard InChI is InChI=1S/C50H80N14O17S/c1-25(2)18-28(51)41(72)56-23-38(67)57-30(15-17-82-5)43(74)64-36(24-65)48(79)62-34(21-37(52)66)46(77)58-29(12-9-16-55-50(53)54)42(73)63-35(22-40(70)71)47(78)61-33(20-27-10-7-6-8-11-27)45(76)60-32(19-26(3)4)44(75)59-31(49(80)81)13-14-39(68)69/h6-8,10-11,25-26,28-36,65H,9,12-24,51H2,1-5H3,(H2,52,66)(H,56,72)(H,57,67)(H,58,77)(H,59,75)(H,60,76)(H,61,78)(H,62,79)(H,63,73)(H,64,74)(H,68,69)(H,70,71)(H,80,81)(H4,53,54,55)/t28-,29-,30-,31-,32-,33-,34-,35-,36-/m0/s1. The Morgan fingerprint density at radius 2 is 1.02 bits per heavy atom. The molecule has 0 spiro atoms. The molecule has 0 fully saturated rings. The molecule has 0 saturated carbocycles. The number of thioether (sulfide) groups is 1. The van der Waals surface area contributed by atoms with E-state index in [0.717, 1.165) is 0 Å². The molecule has 21 N–H and O–H groups in total. The number of aliphatic hydroxyl groups is 1. The summed E-state index contributed by atoms with van der Waals surface area (Å²) in [4.78, 5) is 174. The summed E-state index contributed by atoms with van der Waals surface area (Å²) < 4.78 is 0. The van der Waals surface area contributed by atoms with Gasteiger partial charge in [0, 0.05) is 19.4 Å². The lowest BCUT2D eigenvalue weighted by Crippen LogP contribution is -2.61. The van der Waals surface area contributed by atoms with Crippen LogP contribution in [0.5, 0.6) is 0 Å². The van der Waals surface area contributed by atoms with Crippen LogP contribution in [0.15, 0.2) is 35.3 Å². The van der Waals surface area contributed by atoms with Gasteiger partial charge in [0.2, 0.25) is 59.1 Å². The summed E-state index contributed by atoms with van der Waals surface area (Å²) in [5.74, 6) is -15.3. The second-order valence-corrected chi connectivity index (χ2v) is 20.8. The van der Waals surface area contributed by atoms with E-state index in [9.17, 15) is 77.6 Å². The number of guanidine groups is 1. The van der Waals surface area contributed by atoms with Gasteiger partial charge in [0.1, 0.15) is 48.3 Å². The number of carboxylic acid groups (broad SMARTS) is 3. The summed E-state index contributed by atoms with van der Waals surface area (Å²) in [6.07, 6.45) is -1.93. The number of aliphatic hydroxyl groups excluding tert-OH is 1. The second kappa shape index (κ2) is 37.7. The molecule has 458 valence electrons. The van der Waals surface area contributed by atoms with Gasteiger partial charge in [-0.2, -0.15) is 11.8 Å². The summed E-state index contributed by atoms with van der Waals surface area (Å²) in [6.45, 7) is 5.27. The third kappa shape index (κ3) is 29.4. The van der Waals surface area contributed by atoms with E-state index in [2.05, 4.69) is 52.8 Å². The molecule has 32 heteroatoms. The molecule has 0 saturated heterocycles. The quantitative estimate of drug-likeness (QED) is 0.0166. The zero-order valence-corrected chi connectivity index (χ0v) is 47.2. The van der Waals surface area contributed by atoms with E-state index in [1.54, 1.807) is 50.4 Å². The molecular formula is C50H80N14O17S. The molecule has 1 aromatic rings. The number of hydrogen-bond donors (Lipinski definition) is 17. The van der Waals surface area contributed by atoms with Crippen LogP contribution in [0.4, 0.5) is 0 Å². The van der Waals surface area contributed by atoms with Gasteiger partial charge in [0.25, 0.3) is 0 Å². The van der Waals surface area contributed by atoms with Crippen LogP contribution in [0.2, 0.25) is 0 Å². The van der Waals surface area contributed by atoms with Gasteiger partial charge in [-0.3, -0.25) is 62.5 Å². The third-order valence-electron chi connectivity index (χ3n) is 11.7. The number of amides is 10. The van der Waals surface area contributed by atoms with Crippen LogP contribution in [0.1, 0.15) is 91.0 Å². The lowest BCUT2D eigenvalue weighted by atomic mass is 10.00. The second-order valence-electron chi connectivity index (χ2n) is 19.8. The van der Waals surface area contributed by atoms with Crippen molar-refractivity contribution in [1.29, 1.82) is 0 Å². The molecule has 0 radical (unpaired) electrons. The average Bonchev–Trinajstić information content (AvgIpc) is 3.46. The molecule has 0 aromatic heterocycles. The Morgan fingerprint density at radius 1 is 0.549 bits per heavy atom. The number of aliphatic imine (C=N–C) groups is 1. The number of rotatable bonds is 40. The van der Waals surface area contributed by atoms with Crippen molar-refractivity contribution in [2.75, 3.05) is 31.7 Å². The molecule has 1 rings (SSSR count). The van der Waals surface area contributed by atoms with Crippen molar-refractivity contribution in [3.8, 4) is 0 Å². The molecule has 1 aromatic carbocycles. The lowest BCUT2D eigenvalue weighted by Gasteiger charge is -2.28. The highest BCUT2D eigenvalue weighted by Crippen LogP contribution is 2.12. The molecule has 9 atom stereocenters. The monoisotopic (exact) mass is 1180 g/mol. The minimum absolute atomic E-state index is 0.00795. The Morgan fingerprint density at radius 3 is 1.54 bits per heavy atom. The zero-order chi connectivity index (χ0) is 62.2. The van der Waals surface area contributed by atoms with Crippen molar-refractivity contribution in [3.05, 3.63) is 35.9 Å². The summed E-state index contributed by atoms with van der Waals surface area (Å²) in [5.41, 5.74) is 22.6. The summed E-state index contributed by atoms with van der Waals surface area (Å²) in [7, 11) is 0. The zero-order valence-electron chi connectivity index (χ0n) is 46.4. The van der Waals surface area contributed by atoms with E-state index < -0.39 is 170 Å². The summed E-state index contributed by atoms with van der Waals surface area (Å²) in [5, 5.41) is 59.9. The highest BCUT2D eigenvalue weighted by molar-refractivity contribution is 7.98. The number of nitrogens with two attached hydrogens (primary N) is 4. The topological polar surface area (TPSA) is 528 Å². The maximum atomic E-state index is 14.2. The Balaban J connectivity index is 3.55. The SMILES string of the molecule is CSCC[C@H](NC(=O)CNC(=O)[C@@H](N)CC(C)C)C(=O)N[C@@H](CO)C(=O)N[C@@H](CC(N)=O)C(=O)N[C@@H](CCCN=C(N)N)C(=O)N[C@@H](CC(=O)O)C(=O)N[C@@H](Cc1ccccc1)C(=O)N[C@@H](CC(C)C)C(=O)N[C@@H](CCC(=O)O)C(=O)O. The number of primary amides is 1. The molecular weight excluding hydrogens is 1100 g/mol. The largest absolute Gasteiger partial charge is 0.481 e. The maximum absolute atomic E-state index is 14.2. The molecule has 10 amide bonds. The Bertz CT molecular complexity index is 2400. The van der Waals surface area contributed by atoms with E-state index in [-0.39, 0.29) is 56.4 Å². The molecule has 0 heterocycles. The van der Waals surface area contributed by atoms with Gasteiger partial charge in [-0.05, 0) is 67.9 Å². The number of nitrogens with zero attached hydrogens (tertiary/aromatic N) is 1. The van der Waals surface area contributed by atoms with Crippen LogP contribution in [-0.2, 0) is 68.7 Å². The predicted octanol–water partition coefficient (Wildman–Crippen LogP) is -5.26. The fraction of sp³-hybridized carbons (Fsp3) is 0.600. The van der Waals surface area contributed by atoms with Crippen molar-refractivity contribution < 1.29 is 82.8 Å². The van der Waals surface area contributed by atoms with Gasteiger partial charge in [0.15, 0.2) is 5.96 Å². The lowest BCUT2D eigenvalue weighted by molar-refractivity contribution is -0.143. The Hall–Kier alpha value is -8.13. The van der Waals surface area contributed by atoms with E-state index >= 15 is 0 Å². The smallest absolute Gasteiger partial charge is 0.326 e. The first-order chi connectivity index (χ1) is 38.5. The predicted molar refractivity (Wildman–Crippen MR) is 296 cm³/mol. The van der Waals surface area contributed by atoms with Crippen LogP contribution in [0.25, 0.3) is 0 Å². The van der Waals surface area contributed by atoms with Gasteiger partial charge in [-0.15, -0.1) is 0 Å². The number of carbonyl (C=O) groups is 13. The Labute approximate surface area is 477 Å². The van der Waals surface area contributed by atoms with Crippen LogP contribution < -0.4 is 70.8 Å². The molecule has 0 unspecified atom stereocenters. The first-order valence-corrected chi connectivity index (χ1v) is 27.5. The molecule has 0 aliphatic rings. The van der Waals surface area contributed by atoms with Crippen LogP contribution in [0, 0.1) is 11.8 Å². The van der Waals surface area contributed by atoms with Gasteiger partial charge >= 0.3 is 17.9 Å². The molecule has 0 bridgehead atoms. The van der Waals surface area contributed by atoms with Crippen molar-refractivity contribution in [2.45, 2.75) is 146 Å². The molecule has 31 nitrogen and oxygen atoms in total. The van der Waals surface area contributed by atoms with Crippen LogP contribution in [0.3, 0.4) is 0 Å². The van der Waals surface area contributed by atoms with Gasteiger partial charge < -0.3 is 91.2 Å². The maximum Gasteiger partial charge on any atom is 0.326 e. The highest BCUT2D eigenvalue weighted by atomic mass is 32.2. The molecule has 0 aliphatic carbocycles. The van der Waals surface area contributed by atoms with Gasteiger partial charge in [-0.25, -0.2) is 4.79 Å². The van der Waals surface area contributed by atoms with Gasteiger partial charge in [-0.1, -0.05) is 58.0 Å². The van der Waals surface area contributed by atoms with Crippen molar-refractivity contribution in [1.82, 2.24) is 47.9 Å². The first kappa shape index (κ1) is 71.9. The highest BCUT2D eigenvalue weighted by Gasteiger charge is 2.36. The van der Waals surface area contributed by atoms with Crippen LogP contribution >= 0.6 is 11.8 Å². The Kier molecular flexibility index (Phi) is 33.1. The first-order valence-electron chi connectivity index (χ1n) is 26.1. The summed E-state index contributed by atoms with van der Waals surface area (Å²) >= 11 is 1.31. The molecule has 0 aliphatic heterocycles. The van der Waals surface area contributed by atoms with Gasteiger partial charge in [0.05, 0.1) is 32.0 Å². The minimum Gasteiger partial charge on any atom is -0.481 e. The minimum atomic E-state index is -2.01. The molecule has 82 heavy (non-hydrogen) atoms. The van der Waals surface area contributed by atoms with Crippen molar-refractivity contribution in [3.63, 3.8) is 0 Å². The van der Waals surface area contributed by atoms with E-state index in [4.69, 9.17) is 28.0 Å². The fourth-order valence-electron chi connectivity index (χ4n) is 7.62. The number of carbonyl (C=O) groups excluding carboxylic acids is 10. The fourth-order valence-corrected chi connectivity index (χ4v) is 8.09. The number of benzene rings is 1. The van der Waals surface area contributed by atoms with Crippen molar-refractivity contribution >= 4 is 94.7 Å². The van der Waals surface area contributed by atoms with E-state index in [0.29, 0.717) is 17.7 Å². The number of nitrogens with one attached hydrogen (secondary N) is 9. The van der Waals surface area contributed by atoms with Crippen molar-refractivity contribution in [2.24, 2.45) is 39.8 Å². The summed E-state index contributed by atoms with van der Waals surface area (Å²) in [6, 6.07) is -6.45. The normalized spacial score (nSPS) is 14.3. The number of hydrogen-bond acceptors (Lipinski definition) is 17. The third-order valence-corrected chi connectivity index (χ3v) is 12.4. The number of carboxylic acids is 3. The van der Waals surface area contributed by atoms with E-state index in [1.165, 1.54) is 11.8 Å². The number of aliphatic carboxylic acids is 3. The van der Waals surface area contributed by atoms with E-state index in [1.807, 2.05) is 13.8 Å². The average molecular weight is 1180 g/mol. The van der Waals surface area contributed by atoms with Crippen LogP contribution in [-0.4, -0.2) is 189 Å².